The van der Waals surface area contributed by atoms with Gasteiger partial charge >= 0.3 is 0 Å². The summed E-state index contributed by atoms with van der Waals surface area (Å²) in [7, 11) is 0. The van der Waals surface area contributed by atoms with Crippen LogP contribution in [-0.2, 0) is 4.79 Å². The van der Waals surface area contributed by atoms with Gasteiger partial charge in [0.25, 0.3) is 5.91 Å². The molecule has 1 aromatic heterocycles. The molecule has 0 saturated heterocycles. The highest BCUT2D eigenvalue weighted by molar-refractivity contribution is 5.94. The first-order chi connectivity index (χ1) is 13.5. The Morgan fingerprint density at radius 2 is 1.96 bits per heavy atom. The van der Waals surface area contributed by atoms with Gasteiger partial charge in [0, 0.05) is 11.1 Å². The molecule has 0 aliphatic heterocycles. The van der Waals surface area contributed by atoms with Crippen LogP contribution >= 0.6 is 0 Å². The fourth-order valence-corrected chi connectivity index (χ4v) is 2.39. The number of benzene rings is 2. The van der Waals surface area contributed by atoms with Crippen molar-refractivity contribution in [2.45, 2.75) is 6.92 Å². The molecule has 0 radical (unpaired) electrons. The van der Waals surface area contributed by atoms with E-state index in [2.05, 4.69) is 20.7 Å². The summed E-state index contributed by atoms with van der Waals surface area (Å²) in [6.07, 6.45) is 1.36. The highest BCUT2D eigenvalue weighted by atomic mass is 16.5. The molecule has 0 saturated carbocycles. The Morgan fingerprint density at radius 3 is 2.71 bits per heavy atom. The number of aryl methyl sites for hydroxylation is 1. The summed E-state index contributed by atoms with van der Waals surface area (Å²) in [5, 5.41) is 21.2. The zero-order chi connectivity index (χ0) is 19.9. The average Bonchev–Trinajstić information content (AvgIpc) is 3.18. The number of hydrogen-bond donors (Lipinski definition) is 2. The summed E-state index contributed by atoms with van der Waals surface area (Å²) in [4.78, 5) is 22.7. The van der Waals surface area contributed by atoms with Crippen LogP contribution in [0.3, 0.4) is 0 Å². The Labute approximate surface area is 160 Å². The van der Waals surface area contributed by atoms with Crippen LogP contribution in [0.1, 0.15) is 21.6 Å². The van der Waals surface area contributed by atoms with Crippen LogP contribution in [0.5, 0.6) is 5.75 Å². The summed E-state index contributed by atoms with van der Waals surface area (Å²) in [6, 6.07) is 16.1. The molecule has 0 aliphatic carbocycles. The van der Waals surface area contributed by atoms with E-state index < -0.39 is 18.5 Å². The van der Waals surface area contributed by atoms with Crippen LogP contribution < -0.4 is 15.3 Å². The van der Waals surface area contributed by atoms with E-state index in [1.165, 1.54) is 6.21 Å². The number of aliphatic carboxylic acids is 1. The van der Waals surface area contributed by atoms with Gasteiger partial charge in [0.05, 0.1) is 17.9 Å². The van der Waals surface area contributed by atoms with Crippen molar-refractivity contribution < 1.29 is 19.4 Å². The Bertz CT molecular complexity index is 1010. The number of hydrogen-bond acceptors (Lipinski definition) is 6. The summed E-state index contributed by atoms with van der Waals surface area (Å²) in [5.74, 6) is -1.48. The third kappa shape index (κ3) is 4.82. The zero-order valence-electron chi connectivity index (χ0n) is 15.0. The Morgan fingerprint density at radius 1 is 1.21 bits per heavy atom. The van der Waals surface area contributed by atoms with E-state index in [0.717, 1.165) is 11.1 Å². The van der Waals surface area contributed by atoms with Gasteiger partial charge in [-0.2, -0.15) is 10.2 Å². The van der Waals surface area contributed by atoms with Gasteiger partial charge in [0.1, 0.15) is 18.1 Å². The van der Waals surface area contributed by atoms with Crippen molar-refractivity contribution in [1.29, 1.82) is 0 Å². The van der Waals surface area contributed by atoms with Gasteiger partial charge < -0.3 is 14.6 Å². The van der Waals surface area contributed by atoms with Gasteiger partial charge in [-0.15, -0.1) is 0 Å². The summed E-state index contributed by atoms with van der Waals surface area (Å²) in [5.41, 5.74) is 5.83. The minimum atomic E-state index is -1.33. The first kappa shape index (κ1) is 18.8. The minimum absolute atomic E-state index is 0.259. The van der Waals surface area contributed by atoms with Crippen LogP contribution in [0.25, 0.3) is 11.3 Å². The number of ether oxygens (including phenoxy) is 1. The summed E-state index contributed by atoms with van der Waals surface area (Å²) < 4.78 is 5.12. The lowest BCUT2D eigenvalue weighted by atomic mass is 10.1. The molecule has 1 amide bonds. The normalized spacial score (nSPS) is 10.8. The number of aromatic nitrogens is 2. The van der Waals surface area contributed by atoms with Gasteiger partial charge in [-0.3, -0.25) is 9.89 Å². The minimum Gasteiger partial charge on any atom is -0.546 e. The fraction of sp³-hybridized carbons (Fsp3) is 0.100. The predicted molar refractivity (Wildman–Crippen MR) is 101 cm³/mol. The molecule has 0 bridgehead atoms. The Kier molecular flexibility index (Phi) is 5.81. The van der Waals surface area contributed by atoms with E-state index >= 15 is 0 Å². The van der Waals surface area contributed by atoms with Crippen molar-refractivity contribution in [3.05, 3.63) is 71.4 Å². The van der Waals surface area contributed by atoms with Crippen molar-refractivity contribution in [1.82, 2.24) is 15.6 Å². The number of nitrogens with one attached hydrogen (secondary N) is 2. The molecular formula is C20H17N4O4-. The molecule has 2 aromatic carbocycles. The lowest BCUT2D eigenvalue weighted by Crippen LogP contribution is -2.29. The maximum atomic E-state index is 12.2. The van der Waals surface area contributed by atoms with Crippen LogP contribution in [0.15, 0.2) is 59.7 Å². The first-order valence-electron chi connectivity index (χ1n) is 8.40. The number of H-pyrrole nitrogens is 1. The molecule has 0 atom stereocenters. The first-order valence-corrected chi connectivity index (χ1v) is 8.40. The molecule has 1 heterocycles. The van der Waals surface area contributed by atoms with Gasteiger partial charge in [-0.05, 0) is 25.1 Å². The zero-order valence-corrected chi connectivity index (χ0v) is 15.0. The van der Waals surface area contributed by atoms with E-state index in [4.69, 9.17) is 4.74 Å². The smallest absolute Gasteiger partial charge is 0.289 e. The maximum Gasteiger partial charge on any atom is 0.289 e. The number of para-hydroxylation sites is 1. The third-order valence-corrected chi connectivity index (χ3v) is 3.80. The van der Waals surface area contributed by atoms with Crippen LogP contribution in [0, 0.1) is 6.92 Å². The predicted octanol–water partition coefficient (Wildman–Crippen LogP) is 1.28. The van der Waals surface area contributed by atoms with Gasteiger partial charge in [0.2, 0.25) is 0 Å². The molecule has 3 rings (SSSR count). The van der Waals surface area contributed by atoms with Gasteiger partial charge in [-0.1, -0.05) is 42.0 Å². The number of carboxylic acid groups (broad SMARTS) is 1. The molecule has 8 heteroatoms. The number of carbonyl (C=O) groups excluding carboxylic acids is 2. The standard InChI is InChI=1S/C20H18N4O4/c1-13-6-8-14(9-7-13)16-10-17(23-22-16)20(27)24-21-11-15-4-2-3-5-18(15)28-12-19(25)26/h2-11H,12H2,1H3,(H,22,23)(H,24,27)(H,25,26)/p-1. The quantitative estimate of drug-likeness (QED) is 0.475. The number of rotatable bonds is 7. The van der Waals surface area contributed by atoms with E-state index in [9.17, 15) is 14.7 Å². The number of carbonyl (C=O) groups is 2. The maximum absolute atomic E-state index is 12.2. The molecule has 28 heavy (non-hydrogen) atoms. The van der Waals surface area contributed by atoms with E-state index in [-0.39, 0.29) is 5.69 Å². The molecule has 0 unspecified atom stereocenters. The summed E-state index contributed by atoms with van der Waals surface area (Å²) >= 11 is 0. The van der Waals surface area contributed by atoms with Gasteiger partial charge in [0.15, 0.2) is 0 Å². The molecule has 142 valence electrons. The Hall–Kier alpha value is -3.94. The highest BCUT2D eigenvalue weighted by Gasteiger charge is 2.10. The molecular weight excluding hydrogens is 360 g/mol. The average molecular weight is 377 g/mol. The number of aromatic amines is 1. The van der Waals surface area contributed by atoms with Crippen LogP contribution in [-0.4, -0.2) is 34.9 Å². The molecule has 2 N–H and O–H groups in total. The van der Waals surface area contributed by atoms with Crippen molar-refractivity contribution in [3.8, 4) is 17.0 Å². The lowest BCUT2D eigenvalue weighted by molar-refractivity contribution is -0.307. The van der Waals surface area contributed by atoms with E-state index in [1.807, 2.05) is 31.2 Å². The monoisotopic (exact) mass is 377 g/mol. The number of carboxylic acids is 1. The van der Waals surface area contributed by atoms with Crippen LogP contribution in [0.4, 0.5) is 0 Å². The van der Waals surface area contributed by atoms with Crippen molar-refractivity contribution in [2.75, 3.05) is 6.61 Å². The number of amides is 1. The molecule has 0 fully saturated rings. The van der Waals surface area contributed by atoms with Gasteiger partial charge in [-0.25, -0.2) is 5.43 Å². The van der Waals surface area contributed by atoms with Crippen molar-refractivity contribution in [2.24, 2.45) is 5.10 Å². The van der Waals surface area contributed by atoms with E-state index in [0.29, 0.717) is 17.0 Å². The second kappa shape index (κ2) is 8.63. The van der Waals surface area contributed by atoms with Crippen molar-refractivity contribution in [3.63, 3.8) is 0 Å². The third-order valence-electron chi connectivity index (χ3n) is 3.80. The number of nitrogens with zero attached hydrogens (tertiary/aromatic N) is 2. The second-order valence-corrected chi connectivity index (χ2v) is 5.93. The highest BCUT2D eigenvalue weighted by Crippen LogP contribution is 2.18. The second-order valence-electron chi connectivity index (χ2n) is 5.93. The summed E-state index contributed by atoms with van der Waals surface area (Å²) in [6.45, 7) is 1.42. The fourth-order valence-electron chi connectivity index (χ4n) is 2.39. The molecule has 0 aliphatic rings. The number of hydrazone groups is 1. The molecule has 0 spiro atoms. The topological polar surface area (TPSA) is 119 Å². The van der Waals surface area contributed by atoms with Crippen molar-refractivity contribution >= 4 is 18.1 Å². The largest absolute Gasteiger partial charge is 0.546 e. The Balaban J connectivity index is 1.65. The lowest BCUT2D eigenvalue weighted by Gasteiger charge is -2.08. The van der Waals surface area contributed by atoms with E-state index in [1.54, 1.807) is 30.3 Å². The van der Waals surface area contributed by atoms with Crippen LogP contribution in [0.2, 0.25) is 0 Å². The SMILES string of the molecule is Cc1ccc(-c2cc(C(=O)NN=Cc3ccccc3OCC(=O)[O-])[nH]n2)cc1. The molecule has 8 nitrogen and oxygen atoms in total. The molecule has 3 aromatic rings.